The van der Waals surface area contributed by atoms with Gasteiger partial charge in [-0.05, 0) is 49.1 Å². The van der Waals surface area contributed by atoms with E-state index in [4.69, 9.17) is 5.73 Å². The Morgan fingerprint density at radius 1 is 1.12 bits per heavy atom. The average molecular weight is 338 g/mol. The highest BCUT2D eigenvalue weighted by Crippen LogP contribution is 2.37. The summed E-state index contributed by atoms with van der Waals surface area (Å²) in [4.78, 5) is 26.7. The fourth-order valence-electron chi connectivity index (χ4n) is 3.56. The van der Waals surface area contributed by atoms with E-state index in [1.54, 1.807) is 23.1 Å². The lowest BCUT2D eigenvalue weighted by Gasteiger charge is -2.40. The number of hydrogen-bond acceptors (Lipinski definition) is 3. The molecule has 0 aromatic heterocycles. The number of nitrogen functional groups attached to an aromatic ring is 1. The van der Waals surface area contributed by atoms with Crippen LogP contribution < -0.4 is 5.73 Å². The van der Waals surface area contributed by atoms with Crippen molar-refractivity contribution in [2.45, 2.75) is 25.8 Å². The zero-order chi connectivity index (χ0) is 18.0. The molecule has 2 aromatic rings. The molecule has 25 heavy (non-hydrogen) atoms. The standard InChI is InChI=1S/C20H22N2O3/c1-13-5-2-3-6-16(13)19(23)22-12-4-7-17(20(24)25)18(22)14-8-10-15(21)11-9-14/h2-3,5-6,8-11,17-18H,4,7,12,21H2,1H3,(H,24,25)/t17-,18-/m0/s1. The maximum Gasteiger partial charge on any atom is 0.308 e. The SMILES string of the molecule is Cc1ccccc1C(=O)N1CCC[C@H](C(=O)O)[C@@H]1c1ccc(N)cc1. The minimum Gasteiger partial charge on any atom is -0.481 e. The molecule has 5 heteroatoms. The van der Waals surface area contributed by atoms with Crippen LogP contribution in [0.15, 0.2) is 48.5 Å². The topological polar surface area (TPSA) is 83.6 Å². The molecule has 0 spiro atoms. The van der Waals surface area contributed by atoms with E-state index >= 15 is 0 Å². The number of nitrogens with two attached hydrogens (primary N) is 1. The van der Waals surface area contributed by atoms with Crippen LogP contribution in [0.25, 0.3) is 0 Å². The van der Waals surface area contributed by atoms with Crippen LogP contribution in [0, 0.1) is 12.8 Å². The Bertz CT molecular complexity index is 786. The summed E-state index contributed by atoms with van der Waals surface area (Å²) in [6, 6.07) is 14.1. The van der Waals surface area contributed by atoms with Crippen molar-refractivity contribution in [2.24, 2.45) is 5.92 Å². The molecular weight excluding hydrogens is 316 g/mol. The lowest BCUT2D eigenvalue weighted by Crippen LogP contribution is -2.45. The van der Waals surface area contributed by atoms with E-state index in [2.05, 4.69) is 0 Å². The molecule has 1 aliphatic heterocycles. The predicted octanol–water partition coefficient (Wildman–Crippen LogP) is 3.26. The van der Waals surface area contributed by atoms with Crippen molar-refractivity contribution >= 4 is 17.6 Å². The summed E-state index contributed by atoms with van der Waals surface area (Å²) in [5.74, 6) is -1.61. The van der Waals surface area contributed by atoms with Crippen LogP contribution in [0.5, 0.6) is 0 Å². The largest absolute Gasteiger partial charge is 0.481 e. The van der Waals surface area contributed by atoms with E-state index in [0.717, 1.165) is 11.1 Å². The van der Waals surface area contributed by atoms with Crippen molar-refractivity contribution in [1.29, 1.82) is 0 Å². The molecule has 3 rings (SSSR count). The summed E-state index contributed by atoms with van der Waals surface area (Å²) in [7, 11) is 0. The number of anilines is 1. The number of aliphatic carboxylic acids is 1. The quantitative estimate of drug-likeness (QED) is 0.842. The number of hydrogen-bond donors (Lipinski definition) is 2. The minimum absolute atomic E-state index is 0.120. The Kier molecular flexibility index (Phi) is 4.74. The zero-order valence-corrected chi connectivity index (χ0v) is 14.2. The monoisotopic (exact) mass is 338 g/mol. The third kappa shape index (κ3) is 3.36. The van der Waals surface area contributed by atoms with Crippen LogP contribution in [0.4, 0.5) is 5.69 Å². The first-order valence-electron chi connectivity index (χ1n) is 8.44. The molecule has 3 N–H and O–H groups in total. The summed E-state index contributed by atoms with van der Waals surface area (Å²) < 4.78 is 0. The number of piperidine rings is 1. The van der Waals surface area contributed by atoms with E-state index in [9.17, 15) is 14.7 Å². The molecule has 1 heterocycles. The van der Waals surface area contributed by atoms with Gasteiger partial charge in [0.15, 0.2) is 0 Å². The van der Waals surface area contributed by atoms with Crippen molar-refractivity contribution in [3.05, 3.63) is 65.2 Å². The number of carbonyl (C=O) groups is 2. The maximum atomic E-state index is 13.1. The minimum atomic E-state index is -0.871. The van der Waals surface area contributed by atoms with Gasteiger partial charge in [0, 0.05) is 17.8 Å². The van der Waals surface area contributed by atoms with Crippen LogP contribution in [-0.4, -0.2) is 28.4 Å². The third-order valence-corrected chi connectivity index (χ3v) is 4.86. The van der Waals surface area contributed by atoms with Crippen LogP contribution >= 0.6 is 0 Å². The Labute approximate surface area is 147 Å². The highest BCUT2D eigenvalue weighted by atomic mass is 16.4. The molecule has 0 bridgehead atoms. The molecule has 2 aromatic carbocycles. The normalized spacial score (nSPS) is 20.3. The molecule has 5 nitrogen and oxygen atoms in total. The summed E-state index contributed by atoms with van der Waals surface area (Å²) in [5, 5.41) is 9.69. The summed E-state index contributed by atoms with van der Waals surface area (Å²) >= 11 is 0. The number of aryl methyl sites for hydroxylation is 1. The Morgan fingerprint density at radius 3 is 2.44 bits per heavy atom. The second-order valence-corrected chi connectivity index (χ2v) is 6.51. The van der Waals surface area contributed by atoms with Crippen LogP contribution in [0.2, 0.25) is 0 Å². The molecule has 0 unspecified atom stereocenters. The number of carbonyl (C=O) groups excluding carboxylic acids is 1. The van der Waals surface area contributed by atoms with Gasteiger partial charge in [0.25, 0.3) is 5.91 Å². The summed E-state index contributed by atoms with van der Waals surface area (Å²) in [6.45, 7) is 2.44. The summed E-state index contributed by atoms with van der Waals surface area (Å²) in [5.41, 5.74) is 8.69. The van der Waals surface area contributed by atoms with Crippen LogP contribution in [0.1, 0.15) is 40.4 Å². The van der Waals surface area contributed by atoms with Gasteiger partial charge < -0.3 is 15.7 Å². The smallest absolute Gasteiger partial charge is 0.308 e. The van der Waals surface area contributed by atoms with Gasteiger partial charge in [0.05, 0.1) is 12.0 Å². The fourth-order valence-corrected chi connectivity index (χ4v) is 3.56. The van der Waals surface area contributed by atoms with E-state index < -0.39 is 17.9 Å². The molecule has 1 amide bonds. The lowest BCUT2D eigenvalue weighted by atomic mass is 9.84. The Balaban J connectivity index is 2.03. The highest BCUT2D eigenvalue weighted by molar-refractivity contribution is 5.96. The van der Waals surface area contributed by atoms with Crippen molar-refractivity contribution < 1.29 is 14.7 Å². The maximum absolute atomic E-state index is 13.1. The average Bonchev–Trinajstić information content (AvgIpc) is 2.61. The van der Waals surface area contributed by atoms with Gasteiger partial charge in [-0.25, -0.2) is 0 Å². The third-order valence-electron chi connectivity index (χ3n) is 4.86. The number of carboxylic acid groups (broad SMARTS) is 1. The molecule has 2 atom stereocenters. The molecule has 0 aliphatic carbocycles. The fraction of sp³-hybridized carbons (Fsp3) is 0.300. The van der Waals surface area contributed by atoms with Gasteiger partial charge in [0.1, 0.15) is 0 Å². The van der Waals surface area contributed by atoms with Crippen molar-refractivity contribution in [3.8, 4) is 0 Å². The molecule has 130 valence electrons. The molecule has 1 aliphatic rings. The van der Waals surface area contributed by atoms with Gasteiger partial charge in [-0.1, -0.05) is 30.3 Å². The molecule has 1 fully saturated rings. The predicted molar refractivity (Wildman–Crippen MR) is 96.2 cm³/mol. The molecular formula is C20H22N2O3. The van der Waals surface area contributed by atoms with Crippen LogP contribution in [0.3, 0.4) is 0 Å². The number of likely N-dealkylation sites (tertiary alicyclic amines) is 1. The first-order chi connectivity index (χ1) is 12.0. The number of nitrogens with zero attached hydrogens (tertiary/aromatic N) is 1. The van der Waals surface area contributed by atoms with Gasteiger partial charge in [-0.15, -0.1) is 0 Å². The first-order valence-corrected chi connectivity index (χ1v) is 8.44. The van der Waals surface area contributed by atoms with Crippen molar-refractivity contribution in [2.75, 3.05) is 12.3 Å². The molecule has 0 radical (unpaired) electrons. The second-order valence-electron chi connectivity index (χ2n) is 6.51. The van der Waals surface area contributed by atoms with Crippen LogP contribution in [-0.2, 0) is 4.79 Å². The first kappa shape index (κ1) is 17.0. The number of amides is 1. The van der Waals surface area contributed by atoms with Crippen molar-refractivity contribution in [3.63, 3.8) is 0 Å². The molecule has 1 saturated heterocycles. The molecule has 0 saturated carbocycles. The Hall–Kier alpha value is -2.82. The summed E-state index contributed by atoms with van der Waals surface area (Å²) in [6.07, 6.45) is 1.24. The van der Waals surface area contributed by atoms with E-state index in [0.29, 0.717) is 30.6 Å². The van der Waals surface area contributed by atoms with E-state index in [1.807, 2.05) is 37.3 Å². The lowest BCUT2D eigenvalue weighted by molar-refractivity contribution is -0.145. The van der Waals surface area contributed by atoms with Gasteiger partial charge in [-0.3, -0.25) is 9.59 Å². The second kappa shape index (κ2) is 6.97. The van der Waals surface area contributed by atoms with E-state index in [-0.39, 0.29) is 5.91 Å². The highest BCUT2D eigenvalue weighted by Gasteiger charge is 2.39. The Morgan fingerprint density at radius 2 is 1.80 bits per heavy atom. The number of benzene rings is 2. The zero-order valence-electron chi connectivity index (χ0n) is 14.2. The van der Waals surface area contributed by atoms with Gasteiger partial charge in [0.2, 0.25) is 0 Å². The van der Waals surface area contributed by atoms with E-state index in [1.165, 1.54) is 0 Å². The van der Waals surface area contributed by atoms with Crippen molar-refractivity contribution in [1.82, 2.24) is 4.90 Å². The van der Waals surface area contributed by atoms with Gasteiger partial charge >= 0.3 is 5.97 Å². The number of carboxylic acids is 1. The van der Waals surface area contributed by atoms with Gasteiger partial charge in [-0.2, -0.15) is 0 Å². The number of rotatable bonds is 3.